The van der Waals surface area contributed by atoms with Crippen LogP contribution in [-0.4, -0.2) is 42.5 Å². The topological polar surface area (TPSA) is 90.9 Å². The summed E-state index contributed by atoms with van der Waals surface area (Å²) in [7, 11) is -3.82. The number of rotatable bonds is 6. The van der Waals surface area contributed by atoms with Crippen molar-refractivity contribution in [3.05, 3.63) is 65.2 Å². The van der Waals surface area contributed by atoms with Crippen LogP contribution >= 0.6 is 0 Å². The number of nitrogens with one attached hydrogen (secondary N) is 1. The number of sulfonamides is 1. The molecule has 6 aliphatic rings. The monoisotopic (exact) mass is 585 g/mol. The molecule has 9 heteroatoms. The van der Waals surface area contributed by atoms with Crippen molar-refractivity contribution in [1.82, 2.24) is 4.72 Å². The minimum absolute atomic E-state index is 0.0185. The van der Waals surface area contributed by atoms with E-state index in [1.54, 1.807) is 24.3 Å². The van der Waals surface area contributed by atoms with Gasteiger partial charge in [0, 0.05) is 17.3 Å². The van der Waals surface area contributed by atoms with Crippen LogP contribution in [0.1, 0.15) is 75.6 Å². The Hall–Kier alpha value is -1.62. The lowest BCUT2D eigenvalue weighted by Gasteiger charge is -2.73. The maximum Gasteiger partial charge on any atom is 0.241 e. The van der Waals surface area contributed by atoms with Crippen molar-refractivity contribution in [2.75, 3.05) is 13.2 Å². The van der Waals surface area contributed by atoms with Gasteiger partial charge in [0.05, 0.1) is 35.0 Å². The van der Waals surface area contributed by atoms with E-state index in [-0.39, 0.29) is 21.1 Å². The Bertz CT molecular complexity index is 1460. The van der Waals surface area contributed by atoms with Crippen LogP contribution in [0.3, 0.4) is 0 Å². The number of hydrogen-bond donors (Lipinski definition) is 1. The minimum Gasteiger partial charge on any atom is -0.346 e. The maximum atomic E-state index is 14.5. The third-order valence-electron chi connectivity index (χ3n) is 10.5. The van der Waals surface area contributed by atoms with Crippen LogP contribution < -0.4 is 4.72 Å². The fourth-order valence-corrected chi connectivity index (χ4v) is 13.2. The largest absolute Gasteiger partial charge is 0.346 e. The highest BCUT2D eigenvalue weighted by Crippen LogP contribution is 2.77. The number of benzene rings is 2. The van der Waals surface area contributed by atoms with Gasteiger partial charge < -0.3 is 9.47 Å². The lowest BCUT2D eigenvalue weighted by atomic mass is 9.37. The molecule has 7 nitrogen and oxygen atoms in total. The SMILES string of the molecule is Cc1ccc(S(=O)(=O)N[C@@H]2c3ccccc3C[C@@H]2OS(=O)C23CC4(C)CC(C)(C2)C2(OCCO2)C(C)(C4)C3)cc1. The summed E-state index contributed by atoms with van der Waals surface area (Å²) in [6.45, 7) is 9.94. The molecule has 1 saturated heterocycles. The van der Waals surface area contributed by atoms with E-state index in [0.717, 1.165) is 36.0 Å². The van der Waals surface area contributed by atoms with Crippen LogP contribution in [0, 0.1) is 23.2 Å². The van der Waals surface area contributed by atoms with Crippen molar-refractivity contribution < 1.29 is 26.3 Å². The summed E-state index contributed by atoms with van der Waals surface area (Å²) in [5.74, 6) is -0.649. The molecule has 0 aromatic heterocycles. The summed E-state index contributed by atoms with van der Waals surface area (Å²) >= 11 is -1.64. The molecular weight excluding hydrogens is 546 g/mol. The molecule has 5 fully saturated rings. The number of fused-ring (bicyclic) bond motifs is 1. The Morgan fingerprint density at radius 1 is 0.900 bits per heavy atom. The highest BCUT2D eigenvalue weighted by atomic mass is 32.2. The van der Waals surface area contributed by atoms with E-state index in [2.05, 4.69) is 25.5 Å². The van der Waals surface area contributed by atoms with E-state index in [9.17, 15) is 12.6 Å². The van der Waals surface area contributed by atoms with E-state index in [1.165, 1.54) is 0 Å². The third-order valence-corrected chi connectivity index (χ3v) is 13.5. The van der Waals surface area contributed by atoms with Crippen LogP contribution in [-0.2, 0) is 41.2 Å². The maximum absolute atomic E-state index is 14.5. The third kappa shape index (κ3) is 3.81. The zero-order valence-electron chi connectivity index (χ0n) is 23.7. The van der Waals surface area contributed by atoms with Crippen LogP contribution in [0.4, 0.5) is 0 Å². The first-order chi connectivity index (χ1) is 18.8. The van der Waals surface area contributed by atoms with Gasteiger partial charge >= 0.3 is 0 Å². The standard InChI is InChI=1S/C31H39NO6S2/c1-21-9-11-23(12-10-21)40(34,35)32-26-24-8-6-5-7-22(24)15-25(26)38-39(33)30-18-27(2)16-28(3,19-30)31(36-13-14-37-31)29(4,17-27)20-30/h5-12,25-26,32H,13-20H2,1-4H3/t25-,26+,27?,28?,29?,30?,39?/m0/s1. The zero-order valence-corrected chi connectivity index (χ0v) is 25.3. The van der Waals surface area contributed by atoms with Crippen LogP contribution in [0.5, 0.6) is 0 Å². The number of ether oxygens (including phenoxy) is 2. The molecule has 3 unspecified atom stereocenters. The molecule has 40 heavy (non-hydrogen) atoms. The number of hydrogen-bond acceptors (Lipinski definition) is 6. The van der Waals surface area contributed by atoms with Gasteiger partial charge in [-0.1, -0.05) is 62.7 Å². The van der Waals surface area contributed by atoms with Crippen molar-refractivity contribution in [2.24, 2.45) is 16.2 Å². The summed E-state index contributed by atoms with van der Waals surface area (Å²) in [6, 6.07) is 14.0. The van der Waals surface area contributed by atoms with E-state index in [1.807, 2.05) is 31.2 Å². The quantitative estimate of drug-likeness (QED) is 0.507. The second-order valence-electron chi connectivity index (χ2n) is 14.0. The Morgan fingerprint density at radius 3 is 2.17 bits per heavy atom. The van der Waals surface area contributed by atoms with Crippen molar-refractivity contribution >= 4 is 21.1 Å². The smallest absolute Gasteiger partial charge is 0.241 e. The predicted molar refractivity (Wildman–Crippen MR) is 152 cm³/mol. The molecule has 8 rings (SSSR count). The summed E-state index contributed by atoms with van der Waals surface area (Å²) in [5.41, 5.74) is 2.36. The van der Waals surface area contributed by atoms with Crippen LogP contribution in [0.25, 0.3) is 0 Å². The molecule has 4 bridgehead atoms. The second-order valence-corrected chi connectivity index (χ2v) is 17.2. The lowest BCUT2D eigenvalue weighted by molar-refractivity contribution is -0.368. The van der Waals surface area contributed by atoms with Gasteiger partial charge in [0.2, 0.25) is 10.0 Å². The summed E-state index contributed by atoms with van der Waals surface area (Å²) in [6.07, 6.45) is 4.11. The molecule has 5 atom stereocenters. The molecule has 5 aliphatic carbocycles. The first kappa shape index (κ1) is 27.2. The van der Waals surface area contributed by atoms with Gasteiger partial charge in [-0.2, -0.15) is 0 Å². The summed E-state index contributed by atoms with van der Waals surface area (Å²) < 4.78 is 63.2. The average Bonchev–Trinajstić information content (AvgIpc) is 3.49. The molecule has 4 saturated carbocycles. The summed E-state index contributed by atoms with van der Waals surface area (Å²) in [5, 5.41) is 0. The van der Waals surface area contributed by atoms with E-state index >= 15 is 0 Å². The van der Waals surface area contributed by atoms with E-state index < -0.39 is 43.8 Å². The Kier molecular flexibility index (Phi) is 5.93. The Labute approximate surface area is 240 Å². The van der Waals surface area contributed by atoms with Gasteiger partial charge in [-0.05, 0) is 67.7 Å². The van der Waals surface area contributed by atoms with Crippen molar-refractivity contribution in [3.63, 3.8) is 0 Å². The zero-order chi connectivity index (χ0) is 28.2. The van der Waals surface area contributed by atoms with Gasteiger partial charge in [0.25, 0.3) is 0 Å². The Morgan fingerprint density at radius 2 is 1.52 bits per heavy atom. The second kappa shape index (κ2) is 8.71. The molecule has 2 aromatic rings. The molecule has 1 spiro atoms. The van der Waals surface area contributed by atoms with Crippen LogP contribution in [0.2, 0.25) is 0 Å². The van der Waals surface area contributed by atoms with Gasteiger partial charge in [-0.25, -0.2) is 17.3 Å². The van der Waals surface area contributed by atoms with Crippen molar-refractivity contribution in [1.29, 1.82) is 0 Å². The average molecular weight is 586 g/mol. The molecule has 1 N–H and O–H groups in total. The van der Waals surface area contributed by atoms with Crippen LogP contribution in [0.15, 0.2) is 53.4 Å². The van der Waals surface area contributed by atoms with E-state index in [4.69, 9.17) is 13.7 Å². The molecule has 1 aliphatic heterocycles. The van der Waals surface area contributed by atoms with Gasteiger partial charge in [0.1, 0.15) is 0 Å². The predicted octanol–water partition coefficient (Wildman–Crippen LogP) is 5.11. The molecule has 0 radical (unpaired) electrons. The highest BCUT2D eigenvalue weighted by molar-refractivity contribution is 7.89. The van der Waals surface area contributed by atoms with Crippen molar-refractivity contribution in [2.45, 2.75) is 93.8 Å². The molecule has 1 heterocycles. The fraction of sp³-hybridized carbons (Fsp3) is 0.613. The minimum atomic E-state index is -3.82. The Balaban J connectivity index is 1.20. The summed E-state index contributed by atoms with van der Waals surface area (Å²) in [4.78, 5) is 0.207. The molecule has 0 amide bonds. The fourth-order valence-electron chi connectivity index (χ4n) is 10.0. The first-order valence-electron chi connectivity index (χ1n) is 14.4. The highest BCUT2D eigenvalue weighted by Gasteiger charge is 2.79. The first-order valence-corrected chi connectivity index (χ1v) is 16.9. The van der Waals surface area contributed by atoms with Gasteiger partial charge in [-0.3, -0.25) is 4.18 Å². The molecular formula is C31H39NO6S2. The lowest BCUT2D eigenvalue weighted by Crippen LogP contribution is -2.76. The van der Waals surface area contributed by atoms with Gasteiger partial charge in [-0.15, -0.1) is 0 Å². The normalized spacial score (nSPS) is 40.0. The number of aryl methyl sites for hydroxylation is 1. The molecule has 216 valence electrons. The van der Waals surface area contributed by atoms with Gasteiger partial charge in [0.15, 0.2) is 16.9 Å². The van der Waals surface area contributed by atoms with E-state index in [0.29, 0.717) is 32.5 Å². The van der Waals surface area contributed by atoms with Crippen molar-refractivity contribution in [3.8, 4) is 0 Å². The molecule has 2 aromatic carbocycles.